The summed E-state index contributed by atoms with van der Waals surface area (Å²) in [6.45, 7) is 11.0. The number of hydrogen-bond donors (Lipinski definition) is 1. The monoisotopic (exact) mass is 274 g/mol. The fourth-order valence-corrected chi connectivity index (χ4v) is 1.96. The van der Waals surface area contributed by atoms with Gasteiger partial charge in [-0.05, 0) is 49.3 Å². The van der Waals surface area contributed by atoms with Crippen LogP contribution in [0.2, 0.25) is 0 Å². The van der Waals surface area contributed by atoms with Gasteiger partial charge in [0.25, 0.3) is 0 Å². The maximum absolute atomic E-state index is 8.85. The van der Waals surface area contributed by atoms with Crippen molar-refractivity contribution in [3.8, 4) is 11.8 Å². The molecule has 0 amide bonds. The van der Waals surface area contributed by atoms with Crippen LogP contribution in [0.3, 0.4) is 0 Å². The molecular weight excluding hydrogens is 248 g/mol. The predicted octanol–water partition coefficient (Wildman–Crippen LogP) is 3.69. The number of rotatable bonds is 5. The molecule has 0 spiro atoms. The molecule has 20 heavy (non-hydrogen) atoms. The maximum atomic E-state index is 8.85. The van der Waals surface area contributed by atoms with Crippen molar-refractivity contribution >= 4 is 0 Å². The van der Waals surface area contributed by atoms with Gasteiger partial charge in [0.1, 0.15) is 11.3 Å². The molecule has 110 valence electrons. The van der Waals surface area contributed by atoms with E-state index in [0.29, 0.717) is 13.0 Å². The lowest BCUT2D eigenvalue weighted by Gasteiger charge is -2.21. The molecule has 1 aromatic rings. The summed E-state index contributed by atoms with van der Waals surface area (Å²) in [5.74, 6) is 0.911. The molecule has 0 heterocycles. The molecule has 0 saturated heterocycles. The van der Waals surface area contributed by atoms with Gasteiger partial charge in [-0.3, -0.25) is 0 Å². The zero-order chi connectivity index (χ0) is 15.4. The van der Waals surface area contributed by atoms with Gasteiger partial charge in [0, 0.05) is 0 Å². The van der Waals surface area contributed by atoms with E-state index in [4.69, 9.17) is 15.7 Å². The molecule has 0 bridgehead atoms. The SMILES string of the molecule is Cc1cc(C(C)(C)C)ccc1OCCCC(C)(N)C#N. The van der Waals surface area contributed by atoms with Crippen LogP contribution in [0.15, 0.2) is 18.2 Å². The first-order valence-electron chi connectivity index (χ1n) is 7.10. The highest BCUT2D eigenvalue weighted by Crippen LogP contribution is 2.27. The van der Waals surface area contributed by atoms with Crippen molar-refractivity contribution in [1.29, 1.82) is 5.26 Å². The Labute approximate surface area is 122 Å². The highest BCUT2D eigenvalue weighted by Gasteiger charge is 2.17. The molecule has 0 aliphatic carbocycles. The summed E-state index contributed by atoms with van der Waals surface area (Å²) in [6, 6.07) is 8.42. The quantitative estimate of drug-likeness (QED) is 0.833. The smallest absolute Gasteiger partial charge is 0.122 e. The Morgan fingerprint density at radius 1 is 1.25 bits per heavy atom. The minimum atomic E-state index is -0.755. The summed E-state index contributed by atoms with van der Waals surface area (Å²) < 4.78 is 5.78. The van der Waals surface area contributed by atoms with Gasteiger partial charge in [-0.15, -0.1) is 0 Å². The van der Waals surface area contributed by atoms with Crippen LogP contribution in [0, 0.1) is 18.3 Å². The normalized spacial score (nSPS) is 14.4. The maximum Gasteiger partial charge on any atom is 0.122 e. The fourth-order valence-electron chi connectivity index (χ4n) is 1.96. The third kappa shape index (κ3) is 4.86. The van der Waals surface area contributed by atoms with E-state index in [0.717, 1.165) is 17.7 Å². The lowest BCUT2D eigenvalue weighted by molar-refractivity contribution is 0.294. The molecule has 0 aromatic heterocycles. The highest BCUT2D eigenvalue weighted by molar-refractivity contribution is 5.38. The minimum absolute atomic E-state index is 0.150. The molecule has 0 aliphatic heterocycles. The Kier molecular flexibility index (Phi) is 5.19. The lowest BCUT2D eigenvalue weighted by Crippen LogP contribution is -2.34. The van der Waals surface area contributed by atoms with Gasteiger partial charge in [-0.1, -0.05) is 32.9 Å². The molecule has 1 aromatic carbocycles. The molecule has 3 heteroatoms. The van der Waals surface area contributed by atoms with E-state index < -0.39 is 5.54 Å². The molecule has 0 saturated carbocycles. The molecule has 2 N–H and O–H groups in total. The van der Waals surface area contributed by atoms with Gasteiger partial charge >= 0.3 is 0 Å². The van der Waals surface area contributed by atoms with Crippen LogP contribution in [0.1, 0.15) is 51.7 Å². The number of ether oxygens (including phenoxy) is 1. The van der Waals surface area contributed by atoms with Crippen LogP contribution < -0.4 is 10.5 Å². The van der Waals surface area contributed by atoms with Crippen LogP contribution >= 0.6 is 0 Å². The van der Waals surface area contributed by atoms with Crippen molar-refractivity contribution in [1.82, 2.24) is 0 Å². The number of aryl methyl sites for hydroxylation is 1. The summed E-state index contributed by atoms with van der Waals surface area (Å²) >= 11 is 0. The number of nitrogens with zero attached hydrogens (tertiary/aromatic N) is 1. The van der Waals surface area contributed by atoms with Crippen LogP contribution in [-0.2, 0) is 5.41 Å². The van der Waals surface area contributed by atoms with Crippen LogP contribution in [0.5, 0.6) is 5.75 Å². The minimum Gasteiger partial charge on any atom is -0.493 e. The average Bonchev–Trinajstić information content (AvgIpc) is 2.35. The lowest BCUT2D eigenvalue weighted by atomic mass is 9.86. The predicted molar refractivity (Wildman–Crippen MR) is 82.8 cm³/mol. The van der Waals surface area contributed by atoms with Gasteiger partial charge in [0.2, 0.25) is 0 Å². The van der Waals surface area contributed by atoms with Crippen molar-refractivity contribution in [2.45, 2.75) is 58.4 Å². The third-order valence-corrected chi connectivity index (χ3v) is 3.39. The first kappa shape index (κ1) is 16.5. The number of nitrogens with two attached hydrogens (primary N) is 1. The second-order valence-corrected chi connectivity index (χ2v) is 6.71. The van der Waals surface area contributed by atoms with Gasteiger partial charge in [-0.2, -0.15) is 5.26 Å². The molecule has 0 aliphatic rings. The second kappa shape index (κ2) is 6.28. The fraction of sp³-hybridized carbons (Fsp3) is 0.588. The van der Waals surface area contributed by atoms with E-state index in [1.165, 1.54) is 5.56 Å². The average molecular weight is 274 g/mol. The van der Waals surface area contributed by atoms with E-state index in [2.05, 4.69) is 45.9 Å². The molecule has 3 nitrogen and oxygen atoms in total. The van der Waals surface area contributed by atoms with Crippen molar-refractivity contribution in [3.05, 3.63) is 29.3 Å². The number of nitriles is 1. The number of hydrogen-bond acceptors (Lipinski definition) is 3. The van der Waals surface area contributed by atoms with E-state index in [-0.39, 0.29) is 5.41 Å². The highest BCUT2D eigenvalue weighted by atomic mass is 16.5. The Morgan fingerprint density at radius 2 is 1.90 bits per heavy atom. The van der Waals surface area contributed by atoms with Gasteiger partial charge in [0.05, 0.1) is 12.7 Å². The van der Waals surface area contributed by atoms with Crippen molar-refractivity contribution in [2.24, 2.45) is 5.73 Å². The summed E-state index contributed by atoms with van der Waals surface area (Å²) in [4.78, 5) is 0. The Bertz CT molecular complexity index is 493. The summed E-state index contributed by atoms with van der Waals surface area (Å²) in [5, 5.41) is 8.85. The second-order valence-electron chi connectivity index (χ2n) is 6.71. The largest absolute Gasteiger partial charge is 0.493 e. The van der Waals surface area contributed by atoms with Crippen molar-refractivity contribution in [3.63, 3.8) is 0 Å². The molecule has 1 rings (SSSR count). The zero-order valence-corrected chi connectivity index (χ0v) is 13.3. The molecule has 1 atom stereocenters. The third-order valence-electron chi connectivity index (χ3n) is 3.39. The van der Waals surface area contributed by atoms with Gasteiger partial charge in [-0.25, -0.2) is 0 Å². The first-order valence-corrected chi connectivity index (χ1v) is 7.10. The van der Waals surface area contributed by atoms with E-state index >= 15 is 0 Å². The van der Waals surface area contributed by atoms with E-state index in [1.54, 1.807) is 6.92 Å². The Morgan fingerprint density at radius 3 is 2.40 bits per heavy atom. The van der Waals surface area contributed by atoms with Crippen LogP contribution in [-0.4, -0.2) is 12.1 Å². The van der Waals surface area contributed by atoms with Crippen molar-refractivity contribution < 1.29 is 4.74 Å². The van der Waals surface area contributed by atoms with Gasteiger partial charge < -0.3 is 10.5 Å². The van der Waals surface area contributed by atoms with Gasteiger partial charge in [0.15, 0.2) is 0 Å². The summed E-state index contributed by atoms with van der Waals surface area (Å²) in [5.41, 5.74) is 7.62. The molecule has 1 unspecified atom stereocenters. The Hall–Kier alpha value is -1.53. The molecule has 0 fully saturated rings. The zero-order valence-electron chi connectivity index (χ0n) is 13.3. The molecule has 0 radical (unpaired) electrons. The standard InChI is InChI=1S/C17H26N2O/c1-13-11-14(16(2,3)4)7-8-15(13)20-10-6-9-17(5,19)12-18/h7-8,11H,6,9-10,19H2,1-5H3. The summed E-state index contributed by atoms with van der Waals surface area (Å²) in [6.07, 6.45) is 1.42. The first-order chi connectivity index (χ1) is 9.15. The van der Waals surface area contributed by atoms with Crippen molar-refractivity contribution in [2.75, 3.05) is 6.61 Å². The molecular formula is C17H26N2O. The number of benzene rings is 1. The van der Waals surface area contributed by atoms with Crippen LogP contribution in [0.25, 0.3) is 0 Å². The van der Waals surface area contributed by atoms with E-state index in [9.17, 15) is 0 Å². The Balaban J connectivity index is 2.56. The summed E-state index contributed by atoms with van der Waals surface area (Å²) in [7, 11) is 0. The van der Waals surface area contributed by atoms with Crippen LogP contribution in [0.4, 0.5) is 0 Å². The topological polar surface area (TPSA) is 59.0 Å². The van der Waals surface area contributed by atoms with E-state index in [1.807, 2.05) is 6.07 Å².